The maximum atomic E-state index is 5.74. The van der Waals surface area contributed by atoms with Crippen molar-refractivity contribution in [3.63, 3.8) is 0 Å². The molecule has 0 aromatic rings. The monoisotopic (exact) mass is 215 g/mol. The summed E-state index contributed by atoms with van der Waals surface area (Å²) >= 11 is 0. The van der Waals surface area contributed by atoms with Crippen LogP contribution in [0, 0.1) is 11.3 Å². The molecule has 1 aliphatic rings. The van der Waals surface area contributed by atoms with E-state index in [0.29, 0.717) is 12.0 Å². The van der Waals surface area contributed by atoms with E-state index in [0.717, 1.165) is 32.7 Å². The van der Waals surface area contributed by atoms with Crippen LogP contribution in [0.1, 0.15) is 27.2 Å². The Morgan fingerprint density at radius 3 is 2.80 bits per heavy atom. The van der Waals surface area contributed by atoms with E-state index < -0.39 is 0 Å². The Kier molecular flexibility index (Phi) is 5.03. The van der Waals surface area contributed by atoms with Crippen LogP contribution in [0.15, 0.2) is 0 Å². The summed E-state index contributed by atoms with van der Waals surface area (Å²) in [7, 11) is 1.78. The molecule has 0 amide bonds. The van der Waals surface area contributed by atoms with Gasteiger partial charge in [0.05, 0.1) is 6.10 Å². The van der Waals surface area contributed by atoms with Gasteiger partial charge in [0.2, 0.25) is 0 Å². The average molecular weight is 215 g/mol. The van der Waals surface area contributed by atoms with Crippen molar-refractivity contribution < 1.29 is 9.47 Å². The van der Waals surface area contributed by atoms with E-state index in [1.54, 1.807) is 7.11 Å². The summed E-state index contributed by atoms with van der Waals surface area (Å²) in [5, 5.41) is 3.47. The van der Waals surface area contributed by atoms with E-state index in [1.165, 1.54) is 0 Å². The summed E-state index contributed by atoms with van der Waals surface area (Å²) < 4.78 is 11.0. The van der Waals surface area contributed by atoms with E-state index in [9.17, 15) is 0 Å². The molecule has 0 radical (unpaired) electrons. The lowest BCUT2D eigenvalue weighted by atomic mass is 9.71. The highest BCUT2D eigenvalue weighted by atomic mass is 16.5. The van der Waals surface area contributed by atoms with E-state index >= 15 is 0 Å². The molecule has 15 heavy (non-hydrogen) atoms. The molecule has 3 nitrogen and oxygen atoms in total. The van der Waals surface area contributed by atoms with Gasteiger partial charge >= 0.3 is 0 Å². The highest BCUT2D eigenvalue weighted by molar-refractivity contribution is 4.95. The second-order valence-corrected chi connectivity index (χ2v) is 4.63. The van der Waals surface area contributed by atoms with Crippen molar-refractivity contribution in [2.24, 2.45) is 11.3 Å². The summed E-state index contributed by atoms with van der Waals surface area (Å²) in [4.78, 5) is 0. The van der Waals surface area contributed by atoms with Gasteiger partial charge in [-0.15, -0.1) is 0 Å². The maximum Gasteiger partial charge on any atom is 0.0619 e. The van der Waals surface area contributed by atoms with Gasteiger partial charge in [0.1, 0.15) is 0 Å². The van der Waals surface area contributed by atoms with Gasteiger partial charge in [0.15, 0.2) is 0 Å². The molecule has 1 saturated heterocycles. The maximum absolute atomic E-state index is 5.74. The van der Waals surface area contributed by atoms with Crippen LogP contribution in [0.5, 0.6) is 0 Å². The first-order valence-corrected chi connectivity index (χ1v) is 5.98. The third-order valence-electron chi connectivity index (χ3n) is 3.85. The largest absolute Gasteiger partial charge is 0.384 e. The summed E-state index contributed by atoms with van der Waals surface area (Å²) in [6.45, 7) is 10.4. The van der Waals surface area contributed by atoms with Crippen LogP contribution in [0.25, 0.3) is 0 Å². The molecule has 0 aromatic heterocycles. The van der Waals surface area contributed by atoms with E-state index in [-0.39, 0.29) is 5.41 Å². The van der Waals surface area contributed by atoms with Crippen molar-refractivity contribution in [2.75, 3.05) is 33.4 Å². The average Bonchev–Trinajstić information content (AvgIpc) is 2.58. The van der Waals surface area contributed by atoms with Crippen LogP contribution in [0.2, 0.25) is 0 Å². The molecule has 1 N–H and O–H groups in total. The van der Waals surface area contributed by atoms with E-state index in [1.807, 2.05) is 0 Å². The number of hydrogen-bond acceptors (Lipinski definition) is 3. The topological polar surface area (TPSA) is 30.5 Å². The van der Waals surface area contributed by atoms with Gasteiger partial charge in [-0.1, -0.05) is 13.8 Å². The van der Waals surface area contributed by atoms with Gasteiger partial charge in [0, 0.05) is 32.3 Å². The van der Waals surface area contributed by atoms with Crippen molar-refractivity contribution >= 4 is 0 Å². The minimum atomic E-state index is 0.256. The third kappa shape index (κ3) is 2.71. The Labute approximate surface area is 93.5 Å². The van der Waals surface area contributed by atoms with Gasteiger partial charge in [0.25, 0.3) is 0 Å². The van der Waals surface area contributed by atoms with Crippen LogP contribution < -0.4 is 5.32 Å². The molecule has 3 heteroatoms. The lowest BCUT2D eigenvalue weighted by Crippen LogP contribution is -2.45. The zero-order chi connectivity index (χ0) is 11.3. The molecule has 1 aliphatic heterocycles. The Morgan fingerprint density at radius 1 is 1.60 bits per heavy atom. The van der Waals surface area contributed by atoms with Crippen molar-refractivity contribution in [1.29, 1.82) is 0 Å². The van der Waals surface area contributed by atoms with Crippen LogP contribution in [-0.4, -0.2) is 39.5 Å². The van der Waals surface area contributed by atoms with Gasteiger partial charge in [-0.3, -0.25) is 0 Å². The zero-order valence-corrected chi connectivity index (χ0v) is 10.5. The zero-order valence-electron chi connectivity index (χ0n) is 10.5. The number of ether oxygens (including phenoxy) is 2. The molecular weight excluding hydrogens is 190 g/mol. The van der Waals surface area contributed by atoms with Gasteiger partial charge in [-0.05, 0) is 25.8 Å². The number of methoxy groups -OCH3 is 1. The molecule has 1 rings (SSSR count). The molecule has 3 atom stereocenters. The smallest absolute Gasteiger partial charge is 0.0619 e. The minimum absolute atomic E-state index is 0.256. The molecule has 1 fully saturated rings. The van der Waals surface area contributed by atoms with Crippen LogP contribution in [0.3, 0.4) is 0 Å². The Hall–Kier alpha value is -0.120. The first-order valence-electron chi connectivity index (χ1n) is 5.98. The molecule has 1 heterocycles. The normalized spacial score (nSPS) is 33.2. The van der Waals surface area contributed by atoms with Crippen LogP contribution >= 0.6 is 0 Å². The van der Waals surface area contributed by atoms with Gasteiger partial charge in [-0.2, -0.15) is 0 Å². The number of rotatable bonds is 6. The highest BCUT2D eigenvalue weighted by Gasteiger charge is 2.45. The molecule has 0 bridgehead atoms. The van der Waals surface area contributed by atoms with E-state index in [2.05, 4.69) is 26.1 Å². The number of nitrogens with one attached hydrogen (secondary N) is 1. The predicted molar refractivity (Wildman–Crippen MR) is 62.0 cm³/mol. The first-order chi connectivity index (χ1) is 7.17. The van der Waals surface area contributed by atoms with Crippen molar-refractivity contribution in [1.82, 2.24) is 5.32 Å². The lowest BCUT2D eigenvalue weighted by molar-refractivity contribution is 0.00470. The molecular formula is C12H25NO2. The quantitative estimate of drug-likeness (QED) is 0.731. The van der Waals surface area contributed by atoms with Crippen LogP contribution in [-0.2, 0) is 9.47 Å². The first kappa shape index (κ1) is 12.9. The minimum Gasteiger partial charge on any atom is -0.384 e. The van der Waals surface area contributed by atoms with Gasteiger partial charge in [-0.25, -0.2) is 0 Å². The van der Waals surface area contributed by atoms with Crippen molar-refractivity contribution in [3.05, 3.63) is 0 Å². The fraction of sp³-hybridized carbons (Fsp3) is 1.00. The fourth-order valence-corrected chi connectivity index (χ4v) is 2.62. The second-order valence-electron chi connectivity index (χ2n) is 4.63. The summed E-state index contributed by atoms with van der Waals surface area (Å²) in [5.41, 5.74) is 0.256. The SMILES string of the molecule is CCNCC1(C(C)COC)CCOC1C. The molecule has 0 saturated carbocycles. The molecule has 0 aliphatic carbocycles. The highest BCUT2D eigenvalue weighted by Crippen LogP contribution is 2.41. The van der Waals surface area contributed by atoms with E-state index in [4.69, 9.17) is 9.47 Å². The Balaban J connectivity index is 2.66. The summed E-state index contributed by atoms with van der Waals surface area (Å²) in [5.74, 6) is 0.541. The van der Waals surface area contributed by atoms with Crippen molar-refractivity contribution in [2.45, 2.75) is 33.3 Å². The van der Waals surface area contributed by atoms with Crippen LogP contribution in [0.4, 0.5) is 0 Å². The summed E-state index contributed by atoms with van der Waals surface area (Å²) in [6.07, 6.45) is 1.48. The van der Waals surface area contributed by atoms with Gasteiger partial charge < -0.3 is 14.8 Å². The molecule has 90 valence electrons. The van der Waals surface area contributed by atoms with Crippen molar-refractivity contribution in [3.8, 4) is 0 Å². The Morgan fingerprint density at radius 2 is 2.33 bits per heavy atom. The lowest BCUT2D eigenvalue weighted by Gasteiger charge is -2.38. The number of hydrogen-bond donors (Lipinski definition) is 1. The standard InChI is InChI=1S/C12H25NO2/c1-5-13-9-12(10(2)8-14-4)6-7-15-11(12)3/h10-11,13H,5-9H2,1-4H3. The predicted octanol–water partition coefficient (Wildman–Crippen LogP) is 1.67. The molecule has 0 spiro atoms. The molecule has 0 aromatic carbocycles. The second kappa shape index (κ2) is 5.83. The summed E-state index contributed by atoms with van der Waals surface area (Å²) in [6, 6.07) is 0. The fourth-order valence-electron chi connectivity index (χ4n) is 2.62. The molecule has 3 unspecified atom stereocenters. The Bertz CT molecular complexity index is 186. The third-order valence-corrected chi connectivity index (χ3v) is 3.85.